The number of hydrogen-bond donors (Lipinski definition) is 2. The van der Waals surface area contributed by atoms with Gasteiger partial charge in [0.1, 0.15) is 5.60 Å². The summed E-state index contributed by atoms with van der Waals surface area (Å²) in [5.41, 5.74) is 5.04. The van der Waals surface area contributed by atoms with Gasteiger partial charge in [-0.1, -0.05) is 6.92 Å². The second-order valence-electron chi connectivity index (χ2n) is 5.00. The molecular weight excluding hydrogens is 359 g/mol. The highest BCUT2D eigenvalue weighted by Crippen LogP contribution is 2.09. The summed E-state index contributed by atoms with van der Waals surface area (Å²) in [6, 6.07) is 0. The molecule has 6 nitrogen and oxygen atoms in total. The van der Waals surface area contributed by atoms with Crippen LogP contribution in [0.4, 0.5) is 4.79 Å². The Morgan fingerprint density at radius 1 is 1.37 bits per heavy atom. The van der Waals surface area contributed by atoms with Crippen molar-refractivity contribution in [1.82, 2.24) is 10.2 Å². The van der Waals surface area contributed by atoms with Crippen LogP contribution in [-0.4, -0.2) is 49.2 Å². The number of guanidine groups is 1. The third-order valence-electron chi connectivity index (χ3n) is 2.07. The van der Waals surface area contributed by atoms with Crippen LogP contribution in [0, 0.1) is 0 Å². The molecule has 19 heavy (non-hydrogen) atoms. The minimum atomic E-state index is -0.472. The van der Waals surface area contributed by atoms with E-state index in [9.17, 15) is 4.79 Å². The zero-order valence-electron chi connectivity index (χ0n) is 12.5. The molecule has 0 radical (unpaired) electrons. The summed E-state index contributed by atoms with van der Waals surface area (Å²) in [6.07, 6.45) is 0.592. The first-order valence-electron chi connectivity index (χ1n) is 6.24. The molecule has 0 aliphatic rings. The van der Waals surface area contributed by atoms with Crippen LogP contribution < -0.4 is 11.1 Å². The van der Waals surface area contributed by atoms with E-state index in [-0.39, 0.29) is 30.1 Å². The fraction of sp³-hybridized carbons (Fsp3) is 0.833. The van der Waals surface area contributed by atoms with Gasteiger partial charge in [0.25, 0.3) is 0 Å². The quantitative estimate of drug-likeness (QED) is 0.429. The number of hydrogen-bond acceptors (Lipinski definition) is 3. The second-order valence-corrected chi connectivity index (χ2v) is 5.00. The minimum absolute atomic E-state index is 0. The molecular formula is C12H27IN4O2. The summed E-state index contributed by atoms with van der Waals surface area (Å²) in [5.74, 6) is 0.371. The lowest BCUT2D eigenvalue weighted by atomic mass is 10.2. The Hall–Kier alpha value is -0.730. The van der Waals surface area contributed by atoms with Crippen molar-refractivity contribution in [1.29, 1.82) is 0 Å². The van der Waals surface area contributed by atoms with Gasteiger partial charge in [0.2, 0.25) is 0 Å². The molecule has 114 valence electrons. The van der Waals surface area contributed by atoms with Crippen molar-refractivity contribution in [3.05, 3.63) is 0 Å². The van der Waals surface area contributed by atoms with E-state index in [4.69, 9.17) is 10.5 Å². The number of amides is 1. The Morgan fingerprint density at radius 2 is 1.95 bits per heavy atom. The van der Waals surface area contributed by atoms with Crippen LogP contribution in [0.2, 0.25) is 0 Å². The van der Waals surface area contributed by atoms with Gasteiger partial charge in [-0.25, -0.2) is 4.79 Å². The van der Waals surface area contributed by atoms with Crippen LogP contribution in [-0.2, 0) is 4.74 Å². The fourth-order valence-electron chi connectivity index (χ4n) is 1.29. The van der Waals surface area contributed by atoms with Crippen molar-refractivity contribution in [2.24, 2.45) is 10.7 Å². The molecule has 0 aliphatic heterocycles. The molecule has 0 bridgehead atoms. The van der Waals surface area contributed by atoms with E-state index < -0.39 is 5.60 Å². The molecule has 0 atom stereocenters. The maximum absolute atomic E-state index is 11.9. The van der Waals surface area contributed by atoms with Crippen LogP contribution in [0.3, 0.4) is 0 Å². The summed E-state index contributed by atoms with van der Waals surface area (Å²) in [5, 5.41) is 2.92. The molecule has 0 unspecified atom stereocenters. The number of halogens is 1. The lowest BCUT2D eigenvalue weighted by Crippen LogP contribution is -2.43. The first-order valence-corrected chi connectivity index (χ1v) is 6.24. The van der Waals surface area contributed by atoms with Gasteiger partial charge < -0.3 is 20.7 Å². The van der Waals surface area contributed by atoms with Gasteiger partial charge in [-0.05, 0) is 27.2 Å². The molecule has 0 saturated heterocycles. The summed E-state index contributed by atoms with van der Waals surface area (Å²) >= 11 is 0. The fourth-order valence-corrected chi connectivity index (χ4v) is 1.29. The van der Waals surface area contributed by atoms with Gasteiger partial charge in [-0.2, -0.15) is 0 Å². The van der Waals surface area contributed by atoms with E-state index in [1.165, 1.54) is 0 Å². The lowest BCUT2D eigenvalue weighted by molar-refractivity contribution is 0.0253. The Bertz CT molecular complexity index is 290. The van der Waals surface area contributed by atoms with Crippen LogP contribution in [0.1, 0.15) is 34.1 Å². The van der Waals surface area contributed by atoms with E-state index in [1.807, 2.05) is 27.7 Å². The van der Waals surface area contributed by atoms with E-state index in [2.05, 4.69) is 10.3 Å². The van der Waals surface area contributed by atoms with Gasteiger partial charge in [0.15, 0.2) is 5.96 Å². The smallest absolute Gasteiger partial charge is 0.410 e. The van der Waals surface area contributed by atoms with Crippen LogP contribution in [0.5, 0.6) is 0 Å². The molecule has 0 rings (SSSR count). The molecule has 3 N–H and O–H groups in total. The summed E-state index contributed by atoms with van der Waals surface area (Å²) in [6.45, 7) is 9.35. The number of ether oxygens (including phenoxy) is 1. The van der Waals surface area contributed by atoms with Crippen LogP contribution in [0.15, 0.2) is 4.99 Å². The highest BCUT2D eigenvalue weighted by Gasteiger charge is 2.21. The van der Waals surface area contributed by atoms with Crippen LogP contribution >= 0.6 is 24.0 Å². The number of carbonyl (C=O) groups excluding carboxylic acids is 1. The second kappa shape index (κ2) is 10.1. The van der Waals surface area contributed by atoms with Gasteiger partial charge in [-0.3, -0.25) is 4.99 Å². The van der Waals surface area contributed by atoms with Gasteiger partial charge >= 0.3 is 6.09 Å². The van der Waals surface area contributed by atoms with Crippen molar-refractivity contribution in [2.45, 2.75) is 39.7 Å². The zero-order valence-corrected chi connectivity index (χ0v) is 14.9. The molecule has 0 spiro atoms. The summed E-state index contributed by atoms with van der Waals surface area (Å²) < 4.78 is 5.33. The maximum Gasteiger partial charge on any atom is 0.410 e. The zero-order chi connectivity index (χ0) is 14.2. The van der Waals surface area contributed by atoms with E-state index in [0.717, 1.165) is 6.42 Å². The lowest BCUT2D eigenvalue weighted by Gasteiger charge is -2.27. The maximum atomic E-state index is 11.9. The third-order valence-corrected chi connectivity index (χ3v) is 2.07. The van der Waals surface area contributed by atoms with E-state index in [1.54, 1.807) is 11.9 Å². The van der Waals surface area contributed by atoms with Crippen molar-refractivity contribution >= 4 is 36.0 Å². The Morgan fingerprint density at radius 3 is 2.37 bits per heavy atom. The Balaban J connectivity index is 0. The van der Waals surface area contributed by atoms with Crippen LogP contribution in [0.25, 0.3) is 0 Å². The number of nitrogens with one attached hydrogen (secondary N) is 1. The molecule has 0 aromatic carbocycles. The number of nitrogens with two attached hydrogens (primary N) is 1. The molecule has 0 aliphatic carbocycles. The van der Waals surface area contributed by atoms with Crippen molar-refractivity contribution in [3.8, 4) is 0 Å². The van der Waals surface area contributed by atoms with Gasteiger partial charge in [0.05, 0.1) is 0 Å². The average Bonchev–Trinajstić information content (AvgIpc) is 2.25. The molecule has 0 aromatic rings. The summed E-state index contributed by atoms with van der Waals surface area (Å²) in [4.78, 5) is 17.4. The van der Waals surface area contributed by atoms with E-state index in [0.29, 0.717) is 25.6 Å². The first-order chi connectivity index (χ1) is 8.30. The number of aliphatic imine (C=N–C) groups is 1. The highest BCUT2D eigenvalue weighted by atomic mass is 127. The monoisotopic (exact) mass is 386 g/mol. The number of rotatable bonds is 5. The minimum Gasteiger partial charge on any atom is -0.444 e. The first kappa shape index (κ1) is 20.6. The predicted molar refractivity (Wildman–Crippen MR) is 89.1 cm³/mol. The average molecular weight is 386 g/mol. The predicted octanol–water partition coefficient (Wildman–Crippen LogP) is 1.79. The molecule has 0 heterocycles. The molecule has 0 fully saturated rings. The largest absolute Gasteiger partial charge is 0.444 e. The SMILES string of the molecule is CCCN(CCNC(N)=NC)C(=O)OC(C)(C)C.I. The molecule has 0 aromatic heterocycles. The topological polar surface area (TPSA) is 80.0 Å². The number of carbonyl (C=O) groups is 1. The Labute approximate surface area is 133 Å². The Kier molecular flexibility index (Phi) is 10.9. The van der Waals surface area contributed by atoms with Gasteiger partial charge in [0, 0.05) is 26.7 Å². The van der Waals surface area contributed by atoms with Crippen molar-refractivity contribution in [3.63, 3.8) is 0 Å². The van der Waals surface area contributed by atoms with Crippen molar-refractivity contribution < 1.29 is 9.53 Å². The highest BCUT2D eigenvalue weighted by molar-refractivity contribution is 14.0. The van der Waals surface area contributed by atoms with Gasteiger partial charge in [-0.15, -0.1) is 24.0 Å². The third kappa shape index (κ3) is 10.8. The number of nitrogens with zero attached hydrogens (tertiary/aromatic N) is 2. The summed E-state index contributed by atoms with van der Waals surface area (Å²) in [7, 11) is 1.61. The van der Waals surface area contributed by atoms with Crippen molar-refractivity contribution in [2.75, 3.05) is 26.7 Å². The molecule has 1 amide bonds. The standard InChI is InChI=1S/C12H26N4O2.HI/c1-6-8-16(9-7-15-10(13)14-5)11(17)18-12(2,3)4;/h6-9H2,1-5H3,(H3,13,14,15);1H. The normalized spacial score (nSPS) is 11.5. The van der Waals surface area contributed by atoms with E-state index >= 15 is 0 Å². The molecule has 0 saturated carbocycles. The molecule has 7 heteroatoms.